The van der Waals surface area contributed by atoms with Crippen LogP contribution in [0.5, 0.6) is 5.75 Å². The van der Waals surface area contributed by atoms with E-state index in [-0.39, 0.29) is 11.0 Å². The highest BCUT2D eigenvalue weighted by Crippen LogP contribution is 2.41. The lowest BCUT2D eigenvalue weighted by Gasteiger charge is -2.27. The Morgan fingerprint density at radius 3 is 2.14 bits per heavy atom. The summed E-state index contributed by atoms with van der Waals surface area (Å²) in [5, 5.41) is 3.24. The summed E-state index contributed by atoms with van der Waals surface area (Å²) in [5.74, 6) is 0.204. The van der Waals surface area contributed by atoms with Gasteiger partial charge in [-0.05, 0) is 75.2 Å². The maximum absolute atomic E-state index is 13.4. The molecule has 2 aromatic rings. The Kier molecular flexibility index (Phi) is 6.01. The molecule has 7 heteroatoms. The fourth-order valence-electron chi connectivity index (χ4n) is 3.54. The zero-order valence-corrected chi connectivity index (χ0v) is 17.5. The van der Waals surface area contributed by atoms with E-state index < -0.39 is 20.5 Å². The summed E-state index contributed by atoms with van der Waals surface area (Å²) in [7, 11) is -3.86. The molecule has 1 saturated carbocycles. The van der Waals surface area contributed by atoms with Crippen molar-refractivity contribution in [2.24, 2.45) is 0 Å². The van der Waals surface area contributed by atoms with Crippen LogP contribution in [0.4, 0.5) is 5.69 Å². The fourth-order valence-corrected chi connectivity index (χ4v) is 5.73. The molecule has 0 bridgehead atoms. The Morgan fingerprint density at radius 2 is 1.61 bits per heavy atom. The van der Waals surface area contributed by atoms with Gasteiger partial charge in [0.15, 0.2) is 14.6 Å². The van der Waals surface area contributed by atoms with Gasteiger partial charge in [-0.2, -0.15) is 0 Å². The minimum Gasteiger partial charge on any atom is -0.491 e. The number of nitrogens with one attached hydrogen (secondary N) is 1. The van der Waals surface area contributed by atoms with Gasteiger partial charge in [0.1, 0.15) is 5.75 Å². The molecule has 1 aliphatic carbocycles. The summed E-state index contributed by atoms with van der Waals surface area (Å²) in [4.78, 5) is 13.3. The molecule has 0 radical (unpaired) electrons. The number of anilines is 1. The van der Waals surface area contributed by atoms with E-state index in [1.165, 1.54) is 24.3 Å². The van der Waals surface area contributed by atoms with E-state index in [9.17, 15) is 13.2 Å². The Bertz CT molecular complexity index is 931. The first-order valence-corrected chi connectivity index (χ1v) is 11.2. The lowest BCUT2D eigenvalue weighted by atomic mass is 10.1. The first-order valence-electron chi connectivity index (χ1n) is 9.33. The molecule has 0 atom stereocenters. The van der Waals surface area contributed by atoms with Crippen molar-refractivity contribution in [3.05, 3.63) is 53.6 Å². The Labute approximate surface area is 171 Å². The van der Waals surface area contributed by atoms with Gasteiger partial charge in [-0.25, -0.2) is 8.42 Å². The fraction of sp³-hybridized carbons (Fsp3) is 0.381. The molecule has 0 heterocycles. The monoisotopic (exact) mass is 421 g/mol. The van der Waals surface area contributed by atoms with Crippen LogP contribution in [-0.4, -0.2) is 25.2 Å². The van der Waals surface area contributed by atoms with Crippen LogP contribution < -0.4 is 10.1 Å². The first kappa shape index (κ1) is 20.7. The number of hydrogen-bond donors (Lipinski definition) is 1. The van der Waals surface area contributed by atoms with Crippen molar-refractivity contribution in [2.45, 2.75) is 55.3 Å². The number of benzene rings is 2. The maximum Gasteiger partial charge on any atom is 0.246 e. The summed E-state index contributed by atoms with van der Waals surface area (Å²) in [6.07, 6.45) is 2.05. The molecular formula is C21H24ClNO4S. The maximum atomic E-state index is 13.4. The van der Waals surface area contributed by atoms with Gasteiger partial charge < -0.3 is 10.1 Å². The third kappa shape index (κ3) is 4.03. The number of ether oxygens (including phenoxy) is 1. The highest BCUT2D eigenvalue weighted by Gasteiger charge is 2.52. The van der Waals surface area contributed by atoms with Crippen molar-refractivity contribution in [2.75, 3.05) is 5.32 Å². The number of rotatable bonds is 6. The molecule has 0 spiro atoms. The predicted octanol–water partition coefficient (Wildman–Crippen LogP) is 4.85. The normalized spacial score (nSPS) is 16.1. The molecule has 1 aliphatic rings. The molecule has 28 heavy (non-hydrogen) atoms. The Morgan fingerprint density at radius 1 is 1.04 bits per heavy atom. The van der Waals surface area contributed by atoms with Gasteiger partial charge in [-0.1, -0.05) is 24.4 Å². The molecule has 1 fully saturated rings. The lowest BCUT2D eigenvalue weighted by molar-refractivity contribution is -0.118. The molecule has 1 amide bonds. The Balaban J connectivity index is 1.87. The molecular weight excluding hydrogens is 398 g/mol. The van der Waals surface area contributed by atoms with Gasteiger partial charge in [-0.3, -0.25) is 4.79 Å². The zero-order chi connectivity index (χ0) is 20.4. The van der Waals surface area contributed by atoms with Crippen molar-refractivity contribution < 1.29 is 17.9 Å². The lowest BCUT2D eigenvalue weighted by Crippen LogP contribution is -2.47. The number of hydrogen-bond acceptors (Lipinski definition) is 4. The molecule has 5 nitrogen and oxygen atoms in total. The molecule has 0 unspecified atom stereocenters. The highest BCUT2D eigenvalue weighted by atomic mass is 35.5. The van der Waals surface area contributed by atoms with Crippen molar-refractivity contribution >= 4 is 33.0 Å². The van der Waals surface area contributed by atoms with Crippen LogP contribution in [-0.2, 0) is 14.6 Å². The average molecular weight is 422 g/mol. The second-order valence-electron chi connectivity index (χ2n) is 7.30. The molecule has 150 valence electrons. The van der Waals surface area contributed by atoms with Gasteiger partial charge in [0.2, 0.25) is 5.91 Å². The quantitative estimate of drug-likeness (QED) is 0.723. The largest absolute Gasteiger partial charge is 0.491 e. The van der Waals surface area contributed by atoms with E-state index in [4.69, 9.17) is 16.3 Å². The molecule has 1 N–H and O–H groups in total. The molecule has 0 aliphatic heterocycles. The van der Waals surface area contributed by atoms with E-state index in [0.29, 0.717) is 42.1 Å². The molecule has 3 rings (SSSR count). The Hall–Kier alpha value is -2.05. The first-order chi connectivity index (χ1) is 13.2. The number of sulfone groups is 1. The van der Waals surface area contributed by atoms with Crippen LogP contribution in [0, 0.1) is 0 Å². The minimum atomic E-state index is -3.86. The van der Waals surface area contributed by atoms with E-state index in [0.717, 1.165) is 0 Å². The summed E-state index contributed by atoms with van der Waals surface area (Å²) in [5.41, 5.74) is 0.540. The summed E-state index contributed by atoms with van der Waals surface area (Å²) >= 11 is 5.89. The second kappa shape index (κ2) is 8.13. The minimum absolute atomic E-state index is 0.0479. The van der Waals surface area contributed by atoms with Crippen molar-refractivity contribution in [3.8, 4) is 5.75 Å². The summed E-state index contributed by atoms with van der Waals surface area (Å²) in [6, 6.07) is 12.9. The van der Waals surface area contributed by atoms with Gasteiger partial charge >= 0.3 is 0 Å². The van der Waals surface area contributed by atoms with E-state index in [1.54, 1.807) is 24.3 Å². The summed E-state index contributed by atoms with van der Waals surface area (Å²) in [6.45, 7) is 3.86. The van der Waals surface area contributed by atoms with Crippen LogP contribution in [0.1, 0.15) is 39.5 Å². The van der Waals surface area contributed by atoms with Crippen LogP contribution in [0.3, 0.4) is 0 Å². The molecule has 0 aromatic heterocycles. The van der Waals surface area contributed by atoms with Crippen LogP contribution in [0.2, 0.25) is 5.02 Å². The van der Waals surface area contributed by atoms with Gasteiger partial charge in [-0.15, -0.1) is 0 Å². The van der Waals surface area contributed by atoms with Crippen LogP contribution in [0.15, 0.2) is 53.4 Å². The summed E-state index contributed by atoms with van der Waals surface area (Å²) < 4.78 is 30.8. The van der Waals surface area contributed by atoms with Gasteiger partial charge in [0.25, 0.3) is 0 Å². The van der Waals surface area contributed by atoms with E-state index in [2.05, 4.69) is 5.32 Å². The van der Waals surface area contributed by atoms with Crippen molar-refractivity contribution in [3.63, 3.8) is 0 Å². The van der Waals surface area contributed by atoms with E-state index >= 15 is 0 Å². The standard InChI is InChI=1S/C21H24ClNO4S/c1-15(2)27-18-9-7-17(8-10-18)23-20(24)21(13-3-4-14-21)28(25,26)19-11-5-16(22)6-12-19/h5-12,15H,3-4,13-14H2,1-2H3,(H,23,24). The number of carbonyl (C=O) groups excluding carboxylic acids is 1. The SMILES string of the molecule is CC(C)Oc1ccc(NC(=O)C2(S(=O)(=O)c3ccc(Cl)cc3)CCCC2)cc1. The number of halogens is 1. The smallest absolute Gasteiger partial charge is 0.246 e. The highest BCUT2D eigenvalue weighted by molar-refractivity contribution is 7.93. The molecule has 2 aromatic carbocycles. The van der Waals surface area contributed by atoms with Gasteiger partial charge in [0, 0.05) is 10.7 Å². The third-order valence-electron chi connectivity index (χ3n) is 4.95. The second-order valence-corrected chi connectivity index (χ2v) is 10.0. The number of amides is 1. The van der Waals surface area contributed by atoms with E-state index in [1.807, 2.05) is 13.8 Å². The van der Waals surface area contributed by atoms with Crippen molar-refractivity contribution in [1.29, 1.82) is 0 Å². The zero-order valence-electron chi connectivity index (χ0n) is 15.9. The van der Waals surface area contributed by atoms with Crippen LogP contribution >= 0.6 is 11.6 Å². The number of carbonyl (C=O) groups is 1. The average Bonchev–Trinajstić information content (AvgIpc) is 3.15. The molecule has 0 saturated heterocycles. The topological polar surface area (TPSA) is 72.5 Å². The third-order valence-corrected chi connectivity index (χ3v) is 7.71. The predicted molar refractivity (Wildman–Crippen MR) is 111 cm³/mol. The van der Waals surface area contributed by atoms with Gasteiger partial charge in [0.05, 0.1) is 11.0 Å². The van der Waals surface area contributed by atoms with Crippen molar-refractivity contribution in [1.82, 2.24) is 0 Å². The van der Waals surface area contributed by atoms with Crippen LogP contribution in [0.25, 0.3) is 0 Å².